The first-order chi connectivity index (χ1) is 9.47. The maximum atomic E-state index is 13.8. The second kappa shape index (κ2) is 6.28. The summed E-state index contributed by atoms with van der Waals surface area (Å²) in [4.78, 5) is 12.6. The van der Waals surface area contributed by atoms with Crippen molar-refractivity contribution in [1.82, 2.24) is 4.90 Å². The number of halogens is 2. The van der Waals surface area contributed by atoms with Gasteiger partial charge in [-0.3, -0.25) is 9.69 Å². The smallest absolute Gasteiger partial charge is 0.306 e. The van der Waals surface area contributed by atoms with Crippen LogP contribution in [0.4, 0.5) is 8.78 Å². The van der Waals surface area contributed by atoms with E-state index < -0.39 is 23.7 Å². The molecule has 1 aromatic carbocycles. The Hall–Kier alpha value is -1.53. The maximum Gasteiger partial charge on any atom is 0.306 e. The van der Waals surface area contributed by atoms with Crippen molar-refractivity contribution >= 4 is 5.97 Å². The maximum absolute atomic E-state index is 13.8. The van der Waals surface area contributed by atoms with Gasteiger partial charge in [-0.2, -0.15) is 0 Å². The minimum atomic E-state index is -0.929. The second-order valence-corrected chi connectivity index (χ2v) is 4.93. The fraction of sp³-hybridized carbons (Fsp3) is 0.500. The number of hydrogen-bond donors (Lipinski definition) is 1. The normalized spacial score (nSPS) is 21.6. The lowest BCUT2D eigenvalue weighted by atomic mass is 10.0. The molecule has 1 saturated heterocycles. The molecule has 0 aliphatic carbocycles. The van der Waals surface area contributed by atoms with Crippen molar-refractivity contribution in [3.8, 4) is 0 Å². The number of aliphatic carboxylic acids is 1. The van der Waals surface area contributed by atoms with Crippen LogP contribution in [0.1, 0.15) is 24.9 Å². The zero-order valence-corrected chi connectivity index (χ0v) is 11.2. The van der Waals surface area contributed by atoms with Gasteiger partial charge in [0.25, 0.3) is 0 Å². The average molecular weight is 285 g/mol. The summed E-state index contributed by atoms with van der Waals surface area (Å²) in [5, 5.41) is 8.78. The zero-order chi connectivity index (χ0) is 14.7. The van der Waals surface area contributed by atoms with E-state index in [1.54, 1.807) is 6.92 Å². The third-order valence-corrected chi connectivity index (χ3v) is 3.53. The van der Waals surface area contributed by atoms with Crippen LogP contribution in [0, 0.1) is 11.6 Å². The standard InChI is InChI=1S/C14H17F2NO3/c1-9(12-6-10(15)2-3-13(12)16)17-4-5-20-11(8-17)7-14(18)19/h2-3,6,9,11H,4-5,7-8H2,1H3,(H,18,19). The van der Waals surface area contributed by atoms with Gasteiger partial charge < -0.3 is 9.84 Å². The molecular weight excluding hydrogens is 268 g/mol. The van der Waals surface area contributed by atoms with E-state index in [1.165, 1.54) is 6.07 Å². The number of carboxylic acid groups (broad SMARTS) is 1. The largest absolute Gasteiger partial charge is 0.481 e. The topological polar surface area (TPSA) is 49.8 Å². The van der Waals surface area contributed by atoms with E-state index in [0.29, 0.717) is 19.7 Å². The summed E-state index contributed by atoms with van der Waals surface area (Å²) in [5.74, 6) is -1.87. The quantitative estimate of drug-likeness (QED) is 0.921. The van der Waals surface area contributed by atoms with Gasteiger partial charge in [0, 0.05) is 24.7 Å². The number of ether oxygens (including phenoxy) is 1. The van der Waals surface area contributed by atoms with Gasteiger partial charge in [-0.05, 0) is 25.1 Å². The van der Waals surface area contributed by atoms with Crippen LogP contribution in [-0.4, -0.2) is 41.8 Å². The fourth-order valence-corrected chi connectivity index (χ4v) is 2.44. The molecule has 1 N–H and O–H groups in total. The molecule has 6 heteroatoms. The van der Waals surface area contributed by atoms with Crippen molar-refractivity contribution in [2.45, 2.75) is 25.5 Å². The zero-order valence-electron chi connectivity index (χ0n) is 11.2. The fourth-order valence-electron chi connectivity index (χ4n) is 2.44. The number of carbonyl (C=O) groups is 1. The molecular formula is C14H17F2NO3. The molecule has 0 aromatic heterocycles. The molecule has 0 spiro atoms. The van der Waals surface area contributed by atoms with E-state index in [-0.39, 0.29) is 18.0 Å². The van der Waals surface area contributed by atoms with Crippen LogP contribution in [-0.2, 0) is 9.53 Å². The first-order valence-corrected chi connectivity index (χ1v) is 6.49. The molecule has 1 aliphatic rings. The number of nitrogens with zero attached hydrogens (tertiary/aromatic N) is 1. The summed E-state index contributed by atoms with van der Waals surface area (Å²) in [6.45, 7) is 3.12. The average Bonchev–Trinajstić information content (AvgIpc) is 2.40. The molecule has 110 valence electrons. The van der Waals surface area contributed by atoms with E-state index >= 15 is 0 Å². The predicted molar refractivity (Wildman–Crippen MR) is 68.3 cm³/mol. The number of rotatable bonds is 4. The molecule has 1 aliphatic heterocycles. The Morgan fingerprint density at radius 3 is 3.00 bits per heavy atom. The number of carboxylic acids is 1. The van der Waals surface area contributed by atoms with E-state index in [1.807, 2.05) is 4.90 Å². The molecule has 0 bridgehead atoms. The van der Waals surface area contributed by atoms with Crippen LogP contribution in [0.5, 0.6) is 0 Å². The monoisotopic (exact) mass is 285 g/mol. The Morgan fingerprint density at radius 1 is 1.55 bits per heavy atom. The van der Waals surface area contributed by atoms with Gasteiger partial charge in [0.1, 0.15) is 11.6 Å². The lowest BCUT2D eigenvalue weighted by Crippen LogP contribution is -2.44. The molecule has 20 heavy (non-hydrogen) atoms. The van der Waals surface area contributed by atoms with Crippen LogP contribution in [0.15, 0.2) is 18.2 Å². The van der Waals surface area contributed by atoms with E-state index in [2.05, 4.69) is 0 Å². The van der Waals surface area contributed by atoms with Gasteiger partial charge in [-0.1, -0.05) is 0 Å². The third-order valence-electron chi connectivity index (χ3n) is 3.53. The minimum absolute atomic E-state index is 0.0884. The summed E-state index contributed by atoms with van der Waals surface area (Å²) < 4.78 is 32.4. The van der Waals surface area contributed by atoms with Crippen LogP contribution < -0.4 is 0 Å². The van der Waals surface area contributed by atoms with Crippen molar-refractivity contribution in [3.05, 3.63) is 35.4 Å². The molecule has 2 rings (SSSR count). The van der Waals surface area contributed by atoms with Crippen molar-refractivity contribution < 1.29 is 23.4 Å². The minimum Gasteiger partial charge on any atom is -0.481 e. The van der Waals surface area contributed by atoms with Gasteiger partial charge in [-0.15, -0.1) is 0 Å². The van der Waals surface area contributed by atoms with E-state index in [9.17, 15) is 13.6 Å². The molecule has 1 aromatic rings. The Kier molecular flexibility index (Phi) is 4.67. The lowest BCUT2D eigenvalue weighted by Gasteiger charge is -2.36. The van der Waals surface area contributed by atoms with Gasteiger partial charge in [0.05, 0.1) is 19.1 Å². The van der Waals surface area contributed by atoms with E-state index in [0.717, 1.165) is 12.1 Å². The van der Waals surface area contributed by atoms with Crippen molar-refractivity contribution in [1.29, 1.82) is 0 Å². The van der Waals surface area contributed by atoms with Crippen LogP contribution in [0.3, 0.4) is 0 Å². The first-order valence-electron chi connectivity index (χ1n) is 6.49. The van der Waals surface area contributed by atoms with Crippen LogP contribution in [0.25, 0.3) is 0 Å². The highest BCUT2D eigenvalue weighted by Gasteiger charge is 2.27. The molecule has 0 amide bonds. The highest BCUT2D eigenvalue weighted by atomic mass is 19.1. The third kappa shape index (κ3) is 3.52. The molecule has 1 fully saturated rings. The molecule has 0 saturated carbocycles. The van der Waals surface area contributed by atoms with Gasteiger partial charge >= 0.3 is 5.97 Å². The summed E-state index contributed by atoms with van der Waals surface area (Å²) in [7, 11) is 0. The highest BCUT2D eigenvalue weighted by Crippen LogP contribution is 2.26. The summed E-state index contributed by atoms with van der Waals surface area (Å²) in [6, 6.07) is 3.04. The lowest BCUT2D eigenvalue weighted by molar-refractivity contribution is -0.142. The molecule has 1 heterocycles. The van der Waals surface area contributed by atoms with Crippen molar-refractivity contribution in [2.75, 3.05) is 19.7 Å². The number of morpholine rings is 1. The molecule has 4 nitrogen and oxygen atoms in total. The first kappa shape index (κ1) is 14.9. The molecule has 0 radical (unpaired) electrons. The number of hydrogen-bond acceptors (Lipinski definition) is 3. The summed E-state index contributed by atoms with van der Waals surface area (Å²) >= 11 is 0. The summed E-state index contributed by atoms with van der Waals surface area (Å²) in [6.07, 6.45) is -0.505. The highest BCUT2D eigenvalue weighted by molar-refractivity contribution is 5.67. The van der Waals surface area contributed by atoms with Gasteiger partial charge in [0.15, 0.2) is 0 Å². The van der Waals surface area contributed by atoms with Crippen molar-refractivity contribution in [2.24, 2.45) is 0 Å². The number of benzene rings is 1. The van der Waals surface area contributed by atoms with Crippen LogP contribution >= 0.6 is 0 Å². The molecule has 2 atom stereocenters. The van der Waals surface area contributed by atoms with Gasteiger partial charge in [0.2, 0.25) is 0 Å². The second-order valence-electron chi connectivity index (χ2n) is 4.93. The SMILES string of the molecule is CC(c1cc(F)ccc1F)N1CCOC(CC(=O)O)C1. The van der Waals surface area contributed by atoms with Crippen LogP contribution in [0.2, 0.25) is 0 Å². The Bertz CT molecular complexity index is 495. The van der Waals surface area contributed by atoms with Gasteiger partial charge in [-0.25, -0.2) is 8.78 Å². The molecule has 2 unspecified atom stereocenters. The Morgan fingerprint density at radius 2 is 2.30 bits per heavy atom. The summed E-state index contributed by atoms with van der Waals surface area (Å²) in [5.41, 5.74) is 0.279. The van der Waals surface area contributed by atoms with E-state index in [4.69, 9.17) is 9.84 Å². The Balaban J connectivity index is 2.09. The van der Waals surface area contributed by atoms with Crippen molar-refractivity contribution in [3.63, 3.8) is 0 Å². The predicted octanol–water partition coefficient (Wildman–Crippen LogP) is 2.20. The Labute approximate surface area is 116 Å².